The van der Waals surface area contributed by atoms with Gasteiger partial charge in [-0.25, -0.2) is 15.8 Å². The number of fused-ring (bicyclic) bond motifs is 3. The van der Waals surface area contributed by atoms with Crippen LogP contribution in [0.4, 0.5) is 0 Å². The molecule has 208 valence electrons. The Kier molecular flexibility index (Phi) is 8.03. The highest BCUT2D eigenvalue weighted by atomic mass is 32.1. The van der Waals surface area contributed by atoms with Gasteiger partial charge in [0.05, 0.1) is 28.2 Å². The first-order chi connectivity index (χ1) is 19.6. The number of nitrogens with one attached hydrogen (secondary N) is 3. The molecular formula is C31H36N6O2S. The zero-order valence-corrected chi connectivity index (χ0v) is 23.6. The molecule has 2 aliphatic heterocycles. The van der Waals surface area contributed by atoms with Crippen LogP contribution in [0, 0.1) is 12.3 Å². The lowest BCUT2D eigenvalue weighted by Gasteiger charge is -2.26. The number of hydrazine groups is 1. The standard InChI is InChI=1S/C31H36N6O2S/c1-2-3-14-31(34-35-31)15-20-39-27-11-6-5-10-24(27)25-22-37-26-13-12-23(21-28(26)40-30(37)33-25)29(38)32-16-9-19-36-17-7-4-8-18-36/h1,5-6,10-13,21-22,34-35H,3-4,7-9,14-20H2,(H,32,38). The fourth-order valence-electron chi connectivity index (χ4n) is 5.45. The van der Waals surface area contributed by atoms with E-state index in [0.717, 1.165) is 64.4 Å². The molecule has 2 aromatic carbocycles. The predicted molar refractivity (Wildman–Crippen MR) is 160 cm³/mol. The number of para-hydroxylation sites is 1. The average molecular weight is 557 g/mol. The second kappa shape index (κ2) is 12.0. The van der Waals surface area contributed by atoms with Crippen LogP contribution in [-0.2, 0) is 0 Å². The number of hydrogen-bond donors (Lipinski definition) is 3. The quantitative estimate of drug-likeness (QED) is 0.132. The number of aromatic nitrogens is 2. The van der Waals surface area contributed by atoms with Crippen molar-refractivity contribution in [2.45, 2.75) is 50.6 Å². The number of ether oxygens (including phenoxy) is 1. The van der Waals surface area contributed by atoms with Crippen LogP contribution in [0.2, 0.25) is 0 Å². The minimum Gasteiger partial charge on any atom is -0.493 e. The molecule has 0 atom stereocenters. The van der Waals surface area contributed by atoms with Crippen molar-refractivity contribution in [3.63, 3.8) is 0 Å². The third kappa shape index (κ3) is 6.01. The SMILES string of the molecule is C#CCCC1(CCOc2ccccc2-c2cn3c(n2)sc2cc(C(=O)NCCCN4CCCCC4)ccc23)NN1. The van der Waals surface area contributed by atoms with Crippen molar-refractivity contribution >= 4 is 32.4 Å². The highest BCUT2D eigenvalue weighted by Crippen LogP contribution is 2.34. The summed E-state index contributed by atoms with van der Waals surface area (Å²) in [6, 6.07) is 13.9. The number of hydrogen-bond acceptors (Lipinski definition) is 7. The van der Waals surface area contributed by atoms with Crippen molar-refractivity contribution in [3.05, 3.63) is 54.2 Å². The molecule has 0 saturated carbocycles. The third-order valence-corrected chi connectivity index (χ3v) is 8.88. The third-order valence-electron chi connectivity index (χ3n) is 7.87. The second-order valence-electron chi connectivity index (χ2n) is 10.7. The highest BCUT2D eigenvalue weighted by molar-refractivity contribution is 7.23. The van der Waals surface area contributed by atoms with E-state index in [0.29, 0.717) is 18.7 Å². The predicted octanol–water partition coefficient (Wildman–Crippen LogP) is 4.81. The summed E-state index contributed by atoms with van der Waals surface area (Å²) in [4.78, 5) is 21.1. The number of thiazole rings is 1. The lowest BCUT2D eigenvalue weighted by Crippen LogP contribution is -2.33. The number of benzene rings is 2. The summed E-state index contributed by atoms with van der Waals surface area (Å²) in [5, 5.41) is 3.09. The summed E-state index contributed by atoms with van der Waals surface area (Å²) >= 11 is 1.59. The van der Waals surface area contributed by atoms with E-state index in [1.54, 1.807) is 11.3 Å². The highest BCUT2D eigenvalue weighted by Gasteiger charge is 2.40. The topological polar surface area (TPSA) is 103 Å². The number of terminal acetylenes is 1. The molecule has 6 rings (SSSR count). The first-order valence-corrected chi connectivity index (χ1v) is 15.1. The fraction of sp³-hybridized carbons (Fsp3) is 0.419. The molecule has 2 saturated heterocycles. The van der Waals surface area contributed by atoms with Gasteiger partial charge in [-0.2, -0.15) is 0 Å². The molecule has 8 nitrogen and oxygen atoms in total. The van der Waals surface area contributed by atoms with E-state index in [4.69, 9.17) is 16.1 Å². The van der Waals surface area contributed by atoms with E-state index in [1.807, 2.05) is 42.5 Å². The van der Waals surface area contributed by atoms with Gasteiger partial charge >= 0.3 is 0 Å². The van der Waals surface area contributed by atoms with Crippen LogP contribution in [0.1, 0.15) is 55.3 Å². The molecule has 4 heterocycles. The zero-order valence-electron chi connectivity index (χ0n) is 22.7. The molecular weight excluding hydrogens is 520 g/mol. The Morgan fingerprint density at radius 3 is 2.83 bits per heavy atom. The van der Waals surface area contributed by atoms with Gasteiger partial charge in [-0.1, -0.05) is 29.9 Å². The van der Waals surface area contributed by atoms with Crippen molar-refractivity contribution in [2.75, 3.05) is 32.8 Å². The van der Waals surface area contributed by atoms with Gasteiger partial charge in [0.15, 0.2) is 4.96 Å². The van der Waals surface area contributed by atoms with Crippen molar-refractivity contribution in [1.82, 2.24) is 30.5 Å². The maximum Gasteiger partial charge on any atom is 0.251 e. The fourth-order valence-corrected chi connectivity index (χ4v) is 6.50. The second-order valence-corrected chi connectivity index (χ2v) is 11.7. The smallest absolute Gasteiger partial charge is 0.251 e. The number of likely N-dealkylation sites (tertiary alicyclic amines) is 1. The summed E-state index contributed by atoms with van der Waals surface area (Å²) < 4.78 is 9.34. The van der Waals surface area contributed by atoms with Crippen molar-refractivity contribution in [2.24, 2.45) is 0 Å². The Bertz CT molecular complexity index is 1530. The van der Waals surface area contributed by atoms with E-state index in [1.165, 1.54) is 32.4 Å². The molecule has 0 unspecified atom stereocenters. The Morgan fingerprint density at radius 1 is 1.15 bits per heavy atom. The lowest BCUT2D eigenvalue weighted by molar-refractivity contribution is 0.0951. The summed E-state index contributed by atoms with van der Waals surface area (Å²) in [5.74, 6) is 3.49. The Morgan fingerprint density at radius 2 is 2.00 bits per heavy atom. The maximum absolute atomic E-state index is 12.8. The maximum atomic E-state index is 12.8. The molecule has 40 heavy (non-hydrogen) atoms. The van der Waals surface area contributed by atoms with Crippen molar-refractivity contribution in [3.8, 4) is 29.4 Å². The molecule has 0 aliphatic carbocycles. The van der Waals surface area contributed by atoms with Crippen LogP contribution < -0.4 is 20.9 Å². The molecule has 2 aromatic heterocycles. The minimum atomic E-state index is -0.111. The number of piperidine rings is 1. The molecule has 0 bridgehead atoms. The van der Waals surface area contributed by atoms with Crippen LogP contribution in [-0.4, -0.2) is 58.6 Å². The van der Waals surface area contributed by atoms with Gasteiger partial charge in [0.2, 0.25) is 0 Å². The van der Waals surface area contributed by atoms with E-state index < -0.39 is 0 Å². The van der Waals surface area contributed by atoms with Gasteiger partial charge in [-0.05, 0) is 75.6 Å². The monoisotopic (exact) mass is 556 g/mol. The van der Waals surface area contributed by atoms with Gasteiger partial charge in [0.1, 0.15) is 5.75 Å². The lowest BCUT2D eigenvalue weighted by atomic mass is 10.1. The first-order valence-electron chi connectivity index (χ1n) is 14.3. The Balaban J connectivity index is 1.10. The van der Waals surface area contributed by atoms with Gasteiger partial charge in [0.25, 0.3) is 5.91 Å². The summed E-state index contributed by atoms with van der Waals surface area (Å²) in [7, 11) is 0. The molecule has 9 heteroatoms. The van der Waals surface area contributed by atoms with Crippen molar-refractivity contribution < 1.29 is 9.53 Å². The summed E-state index contributed by atoms with van der Waals surface area (Å²) in [6.45, 7) is 4.70. The Hall–Kier alpha value is -3.42. The average Bonchev–Trinajstić information content (AvgIpc) is 3.50. The van der Waals surface area contributed by atoms with Crippen LogP contribution >= 0.6 is 11.3 Å². The first kappa shape index (κ1) is 26.8. The van der Waals surface area contributed by atoms with E-state index in [2.05, 4.69) is 37.6 Å². The van der Waals surface area contributed by atoms with Crippen LogP contribution in [0.15, 0.2) is 48.7 Å². The molecule has 2 aliphatic rings. The summed E-state index contributed by atoms with van der Waals surface area (Å²) in [6.07, 6.45) is 14.8. The van der Waals surface area contributed by atoms with Crippen LogP contribution in [0.5, 0.6) is 5.75 Å². The number of amides is 1. The van der Waals surface area contributed by atoms with Crippen LogP contribution in [0.25, 0.3) is 26.4 Å². The van der Waals surface area contributed by atoms with E-state index in [-0.39, 0.29) is 11.6 Å². The van der Waals surface area contributed by atoms with Gasteiger partial charge < -0.3 is 15.0 Å². The number of rotatable bonds is 12. The van der Waals surface area contributed by atoms with Gasteiger partial charge in [-0.15, -0.1) is 12.3 Å². The molecule has 4 aromatic rings. The van der Waals surface area contributed by atoms with Gasteiger partial charge in [0, 0.05) is 36.7 Å². The van der Waals surface area contributed by atoms with Gasteiger partial charge in [-0.3, -0.25) is 9.20 Å². The zero-order chi connectivity index (χ0) is 27.4. The number of carbonyl (C=O) groups excluding carboxylic acids is 1. The normalized spacial score (nSPS) is 16.7. The molecule has 0 radical (unpaired) electrons. The number of nitrogens with zero attached hydrogens (tertiary/aromatic N) is 3. The number of carbonyl (C=O) groups is 1. The summed E-state index contributed by atoms with van der Waals surface area (Å²) in [5.41, 5.74) is 9.88. The molecule has 1 amide bonds. The van der Waals surface area contributed by atoms with Crippen molar-refractivity contribution in [1.29, 1.82) is 0 Å². The Labute approximate surface area is 239 Å². The number of imidazole rings is 1. The largest absolute Gasteiger partial charge is 0.493 e. The molecule has 0 spiro atoms. The molecule has 2 fully saturated rings. The van der Waals surface area contributed by atoms with Crippen LogP contribution in [0.3, 0.4) is 0 Å². The minimum absolute atomic E-state index is 0.0176. The van der Waals surface area contributed by atoms with E-state index >= 15 is 0 Å². The molecule has 3 N–H and O–H groups in total. The van der Waals surface area contributed by atoms with E-state index in [9.17, 15) is 4.79 Å².